The monoisotopic (exact) mass is 367 g/mol. The fourth-order valence-electron chi connectivity index (χ4n) is 2.86. The molecule has 0 unspecified atom stereocenters. The third kappa shape index (κ3) is 3.01. The maximum absolute atomic E-state index is 12.3. The zero-order valence-electron chi connectivity index (χ0n) is 14.4. The second kappa shape index (κ2) is 5.90. The van der Waals surface area contributed by atoms with Crippen LogP contribution in [0, 0.1) is 0 Å². The maximum Gasteiger partial charge on any atom is 0.176 e. The number of benzene rings is 1. The summed E-state index contributed by atoms with van der Waals surface area (Å²) in [5.74, 6) is 0.593. The lowest BCUT2D eigenvalue weighted by atomic mass is 10.0. The van der Waals surface area contributed by atoms with Gasteiger partial charge in [-0.25, -0.2) is 8.42 Å². The fraction of sp³-hybridized carbons (Fsp3) is 0.444. The Kier molecular flexibility index (Phi) is 4.31. The van der Waals surface area contributed by atoms with Gasteiger partial charge >= 0.3 is 0 Å². The van der Waals surface area contributed by atoms with Gasteiger partial charge in [0.05, 0.1) is 4.75 Å². The van der Waals surface area contributed by atoms with Gasteiger partial charge in [0.25, 0.3) is 0 Å². The average Bonchev–Trinajstić information content (AvgIpc) is 2.70. The van der Waals surface area contributed by atoms with Gasteiger partial charge in [-0.15, -0.1) is 0 Å². The van der Waals surface area contributed by atoms with Gasteiger partial charge in [0.15, 0.2) is 9.84 Å². The van der Waals surface area contributed by atoms with Crippen molar-refractivity contribution < 1.29 is 12.8 Å². The zero-order chi connectivity index (χ0) is 17.7. The quantitative estimate of drug-likeness (QED) is 0.795. The van der Waals surface area contributed by atoms with E-state index in [9.17, 15) is 8.42 Å². The first-order valence-electron chi connectivity index (χ1n) is 7.94. The minimum atomic E-state index is -3.36. The third-order valence-corrected chi connectivity index (χ3v) is 7.02. The SMILES string of the molecule is CN1CCc2c(Cl)ccc3oc(/C=C/S(=O)(=O)C(C)(C)C)c(c23)C1. The van der Waals surface area contributed by atoms with Crippen LogP contribution in [-0.2, 0) is 22.8 Å². The highest BCUT2D eigenvalue weighted by Gasteiger charge is 2.27. The zero-order valence-corrected chi connectivity index (χ0v) is 16.0. The second-order valence-electron chi connectivity index (χ2n) is 7.29. The summed E-state index contributed by atoms with van der Waals surface area (Å²) in [5.41, 5.74) is 2.84. The van der Waals surface area contributed by atoms with Crippen molar-refractivity contribution in [3.05, 3.63) is 39.5 Å². The van der Waals surface area contributed by atoms with Gasteiger partial charge in [0.1, 0.15) is 11.3 Å². The molecule has 3 rings (SSSR count). The molecule has 130 valence electrons. The number of likely N-dealkylation sites (N-methyl/N-ethyl adjacent to an activating group) is 1. The van der Waals surface area contributed by atoms with Crippen LogP contribution in [0.2, 0.25) is 5.02 Å². The summed E-state index contributed by atoms with van der Waals surface area (Å²) >= 11 is 6.37. The Balaban J connectivity index is 2.17. The van der Waals surface area contributed by atoms with E-state index in [0.717, 1.165) is 40.1 Å². The van der Waals surface area contributed by atoms with Crippen molar-refractivity contribution in [2.75, 3.05) is 13.6 Å². The van der Waals surface area contributed by atoms with E-state index in [0.29, 0.717) is 12.3 Å². The number of hydrogen-bond donors (Lipinski definition) is 0. The first-order valence-corrected chi connectivity index (χ1v) is 9.86. The van der Waals surface area contributed by atoms with E-state index >= 15 is 0 Å². The Hall–Kier alpha value is -1.30. The van der Waals surface area contributed by atoms with Crippen LogP contribution in [0.1, 0.15) is 37.7 Å². The van der Waals surface area contributed by atoms with Gasteiger partial charge in [-0.2, -0.15) is 0 Å². The van der Waals surface area contributed by atoms with Gasteiger partial charge in [0.2, 0.25) is 0 Å². The number of furan rings is 1. The molecule has 1 aromatic carbocycles. The molecule has 0 amide bonds. The van der Waals surface area contributed by atoms with Gasteiger partial charge in [-0.1, -0.05) is 11.6 Å². The van der Waals surface area contributed by atoms with E-state index in [-0.39, 0.29) is 0 Å². The minimum Gasteiger partial charge on any atom is -0.456 e. The Morgan fingerprint density at radius 3 is 2.62 bits per heavy atom. The number of nitrogens with zero attached hydrogens (tertiary/aromatic N) is 1. The van der Waals surface area contributed by atoms with Crippen molar-refractivity contribution in [2.24, 2.45) is 0 Å². The Morgan fingerprint density at radius 2 is 1.96 bits per heavy atom. The van der Waals surface area contributed by atoms with Crippen LogP contribution >= 0.6 is 11.6 Å². The highest BCUT2D eigenvalue weighted by Crippen LogP contribution is 2.36. The molecule has 0 saturated heterocycles. The normalized spacial score (nSPS) is 16.9. The number of sulfone groups is 1. The van der Waals surface area contributed by atoms with Crippen LogP contribution in [0.15, 0.2) is 22.0 Å². The Bertz CT molecular complexity index is 920. The molecule has 24 heavy (non-hydrogen) atoms. The highest BCUT2D eigenvalue weighted by atomic mass is 35.5. The molecule has 1 aromatic heterocycles. The van der Waals surface area contributed by atoms with Gasteiger partial charge in [0, 0.05) is 34.5 Å². The predicted molar refractivity (Wildman–Crippen MR) is 99.0 cm³/mol. The third-order valence-electron chi connectivity index (χ3n) is 4.46. The lowest BCUT2D eigenvalue weighted by Gasteiger charge is -2.15. The molecule has 4 nitrogen and oxygen atoms in total. The van der Waals surface area contributed by atoms with Gasteiger partial charge in [-0.3, -0.25) is 0 Å². The van der Waals surface area contributed by atoms with Crippen molar-refractivity contribution in [1.82, 2.24) is 4.90 Å². The summed E-state index contributed by atoms with van der Waals surface area (Å²) in [4.78, 5) is 2.19. The summed E-state index contributed by atoms with van der Waals surface area (Å²) in [6.45, 7) is 6.66. The van der Waals surface area contributed by atoms with E-state index in [1.165, 1.54) is 5.41 Å². The predicted octanol–water partition coefficient (Wildman–Crippen LogP) is 4.26. The average molecular weight is 368 g/mol. The van der Waals surface area contributed by atoms with Crippen molar-refractivity contribution >= 4 is 38.5 Å². The van der Waals surface area contributed by atoms with Crippen LogP contribution in [-0.4, -0.2) is 31.7 Å². The van der Waals surface area contributed by atoms with Crippen molar-refractivity contribution in [3.8, 4) is 0 Å². The molecule has 2 heterocycles. The van der Waals surface area contributed by atoms with Crippen LogP contribution in [0.3, 0.4) is 0 Å². The Labute approximate surface area is 148 Å². The van der Waals surface area contributed by atoms with E-state index in [1.807, 2.05) is 19.2 Å². The first kappa shape index (κ1) is 17.5. The molecule has 0 saturated carbocycles. The van der Waals surface area contributed by atoms with Crippen LogP contribution in [0.25, 0.3) is 17.0 Å². The molecular formula is C18H22ClNO3S. The molecule has 1 aliphatic rings. The molecule has 0 aliphatic carbocycles. The van der Waals surface area contributed by atoms with Crippen LogP contribution in [0.4, 0.5) is 0 Å². The standard InChI is InChI=1S/C18H22ClNO3S/c1-18(2,3)24(21,22)10-8-15-13-11-20(4)9-7-12-14(19)5-6-16(23-15)17(12)13/h5-6,8,10H,7,9,11H2,1-4H3/b10-8+. The second-order valence-corrected chi connectivity index (χ2v) is 10.3. The topological polar surface area (TPSA) is 50.5 Å². The molecule has 0 atom stereocenters. The van der Waals surface area contributed by atoms with Crippen molar-refractivity contribution in [2.45, 2.75) is 38.5 Å². The van der Waals surface area contributed by atoms with E-state index in [2.05, 4.69) is 4.90 Å². The van der Waals surface area contributed by atoms with E-state index in [1.54, 1.807) is 26.8 Å². The minimum absolute atomic E-state index is 0.593. The van der Waals surface area contributed by atoms with Crippen LogP contribution in [0.5, 0.6) is 0 Å². The molecule has 0 bridgehead atoms. The summed E-state index contributed by atoms with van der Waals surface area (Å²) in [6.07, 6.45) is 2.43. The summed E-state index contributed by atoms with van der Waals surface area (Å²) in [7, 11) is -1.32. The van der Waals surface area contributed by atoms with E-state index < -0.39 is 14.6 Å². The molecule has 6 heteroatoms. The Morgan fingerprint density at radius 1 is 1.25 bits per heavy atom. The fourth-order valence-corrected chi connectivity index (χ4v) is 3.83. The van der Waals surface area contributed by atoms with E-state index in [4.69, 9.17) is 16.0 Å². The highest BCUT2D eigenvalue weighted by molar-refractivity contribution is 7.95. The molecule has 0 spiro atoms. The molecule has 2 aromatic rings. The number of rotatable bonds is 2. The van der Waals surface area contributed by atoms with Crippen molar-refractivity contribution in [1.29, 1.82) is 0 Å². The summed E-state index contributed by atoms with van der Waals surface area (Å²) in [5, 5.41) is 3.02. The lowest BCUT2D eigenvalue weighted by Crippen LogP contribution is -2.25. The number of halogens is 1. The molecule has 0 radical (unpaired) electrons. The summed E-state index contributed by atoms with van der Waals surface area (Å²) < 4.78 is 29.8. The number of hydrogen-bond acceptors (Lipinski definition) is 4. The largest absolute Gasteiger partial charge is 0.456 e. The summed E-state index contributed by atoms with van der Waals surface area (Å²) in [6, 6.07) is 3.70. The van der Waals surface area contributed by atoms with Gasteiger partial charge in [-0.05, 0) is 58.0 Å². The van der Waals surface area contributed by atoms with Crippen molar-refractivity contribution in [3.63, 3.8) is 0 Å². The van der Waals surface area contributed by atoms with Crippen LogP contribution < -0.4 is 0 Å². The molecule has 0 N–H and O–H groups in total. The van der Waals surface area contributed by atoms with Gasteiger partial charge < -0.3 is 9.32 Å². The molecular weight excluding hydrogens is 346 g/mol. The first-order chi connectivity index (χ1) is 11.1. The maximum atomic E-state index is 12.3. The molecule has 0 fully saturated rings. The molecule has 1 aliphatic heterocycles. The lowest BCUT2D eigenvalue weighted by molar-refractivity contribution is 0.334. The smallest absolute Gasteiger partial charge is 0.176 e.